The van der Waals surface area contributed by atoms with Crippen LogP contribution in [0.2, 0.25) is 0 Å². The second-order valence-corrected chi connectivity index (χ2v) is 5.00. The second kappa shape index (κ2) is 6.73. The summed E-state index contributed by atoms with van der Waals surface area (Å²) in [7, 11) is 0. The maximum atomic E-state index is 12.1. The van der Waals surface area contributed by atoms with Crippen molar-refractivity contribution in [1.29, 1.82) is 0 Å². The number of tetrazole rings is 1. The topological polar surface area (TPSA) is 115 Å². The highest BCUT2D eigenvalue weighted by Gasteiger charge is 2.17. The van der Waals surface area contributed by atoms with Crippen LogP contribution in [-0.2, 0) is 4.79 Å². The number of carbonyl (C=O) groups excluding carboxylic acids is 2. The predicted octanol–water partition coefficient (Wildman–Crippen LogP) is 1.01. The summed E-state index contributed by atoms with van der Waals surface area (Å²) in [5.41, 5.74) is 1.72. The molecule has 0 bridgehead atoms. The van der Waals surface area contributed by atoms with E-state index >= 15 is 0 Å². The molecule has 2 heterocycles. The summed E-state index contributed by atoms with van der Waals surface area (Å²) >= 11 is 0. The Morgan fingerprint density at radius 2 is 2.00 bits per heavy atom. The number of furan rings is 1. The molecule has 3 aromatic rings. The Hall–Kier alpha value is -3.49. The molecule has 9 heteroatoms. The monoisotopic (exact) mass is 326 g/mol. The van der Waals surface area contributed by atoms with Crippen LogP contribution in [0.5, 0.6) is 0 Å². The summed E-state index contributed by atoms with van der Waals surface area (Å²) in [5.74, 6) is -0.706. The summed E-state index contributed by atoms with van der Waals surface area (Å²) in [6.07, 6.45) is 4.19. The highest BCUT2D eigenvalue weighted by atomic mass is 16.3. The van der Waals surface area contributed by atoms with E-state index in [0.717, 1.165) is 5.69 Å². The SMILES string of the molecule is C[C@H](NC(=O)c1ccoc1)C(=O)Nc1ccc(-n2cnnn2)cc1. The molecule has 0 unspecified atom stereocenters. The molecule has 0 aliphatic rings. The number of rotatable bonds is 5. The molecule has 0 spiro atoms. The van der Waals surface area contributed by atoms with Crippen molar-refractivity contribution in [3.8, 4) is 5.69 Å². The van der Waals surface area contributed by atoms with Gasteiger partial charge in [0.2, 0.25) is 5.91 Å². The van der Waals surface area contributed by atoms with Crippen molar-refractivity contribution >= 4 is 17.5 Å². The largest absolute Gasteiger partial charge is 0.472 e. The number of benzene rings is 1. The van der Waals surface area contributed by atoms with Crippen molar-refractivity contribution < 1.29 is 14.0 Å². The van der Waals surface area contributed by atoms with E-state index < -0.39 is 6.04 Å². The Bertz CT molecular complexity index is 812. The molecule has 0 fully saturated rings. The minimum Gasteiger partial charge on any atom is -0.472 e. The fraction of sp³-hybridized carbons (Fsp3) is 0.133. The molecule has 2 amide bonds. The third-order valence-electron chi connectivity index (χ3n) is 3.27. The first-order valence-electron chi connectivity index (χ1n) is 7.11. The van der Waals surface area contributed by atoms with Crippen LogP contribution in [0.25, 0.3) is 5.69 Å². The third kappa shape index (κ3) is 3.46. The third-order valence-corrected chi connectivity index (χ3v) is 3.27. The van der Waals surface area contributed by atoms with E-state index in [4.69, 9.17) is 4.42 Å². The summed E-state index contributed by atoms with van der Waals surface area (Å²) in [4.78, 5) is 24.0. The maximum absolute atomic E-state index is 12.1. The van der Waals surface area contributed by atoms with Crippen molar-refractivity contribution in [3.63, 3.8) is 0 Å². The molecule has 1 aromatic carbocycles. The minimum atomic E-state index is -0.702. The smallest absolute Gasteiger partial charge is 0.255 e. The summed E-state index contributed by atoms with van der Waals surface area (Å²) in [6, 6.07) is 7.80. The van der Waals surface area contributed by atoms with E-state index in [-0.39, 0.29) is 11.8 Å². The fourth-order valence-corrected chi connectivity index (χ4v) is 1.97. The molecule has 122 valence electrons. The zero-order valence-electron chi connectivity index (χ0n) is 12.7. The van der Waals surface area contributed by atoms with Crippen molar-refractivity contribution in [2.45, 2.75) is 13.0 Å². The van der Waals surface area contributed by atoms with Crippen LogP contribution >= 0.6 is 0 Å². The van der Waals surface area contributed by atoms with Crippen LogP contribution in [-0.4, -0.2) is 38.1 Å². The van der Waals surface area contributed by atoms with Gasteiger partial charge in [-0.2, -0.15) is 0 Å². The zero-order chi connectivity index (χ0) is 16.9. The number of anilines is 1. The Morgan fingerprint density at radius 3 is 2.62 bits per heavy atom. The molecule has 0 aliphatic carbocycles. The predicted molar refractivity (Wildman–Crippen MR) is 83.4 cm³/mol. The maximum Gasteiger partial charge on any atom is 0.255 e. The first-order chi connectivity index (χ1) is 11.6. The van der Waals surface area contributed by atoms with Crippen molar-refractivity contribution in [1.82, 2.24) is 25.5 Å². The van der Waals surface area contributed by atoms with Gasteiger partial charge in [0.05, 0.1) is 17.5 Å². The molecule has 0 aliphatic heterocycles. The van der Waals surface area contributed by atoms with E-state index in [1.165, 1.54) is 29.6 Å². The first kappa shape index (κ1) is 15.4. The van der Waals surface area contributed by atoms with Crippen molar-refractivity contribution in [3.05, 3.63) is 54.7 Å². The lowest BCUT2D eigenvalue weighted by Gasteiger charge is -2.13. The van der Waals surface area contributed by atoms with Gasteiger partial charge in [0, 0.05) is 5.69 Å². The number of nitrogens with one attached hydrogen (secondary N) is 2. The standard InChI is InChI=1S/C15H14N6O3/c1-10(17-15(23)11-6-7-24-8-11)14(22)18-12-2-4-13(5-3-12)21-9-16-19-20-21/h2-10H,1H3,(H,17,23)(H,18,22)/t10-/m0/s1. The van der Waals surface area contributed by atoms with Gasteiger partial charge < -0.3 is 15.1 Å². The molecule has 0 saturated heterocycles. The van der Waals surface area contributed by atoms with Gasteiger partial charge in [-0.1, -0.05) is 0 Å². The van der Waals surface area contributed by atoms with E-state index in [0.29, 0.717) is 11.3 Å². The fourth-order valence-electron chi connectivity index (χ4n) is 1.97. The van der Waals surface area contributed by atoms with Gasteiger partial charge in [-0.15, -0.1) is 5.10 Å². The lowest BCUT2D eigenvalue weighted by atomic mass is 10.2. The van der Waals surface area contributed by atoms with Gasteiger partial charge in [0.25, 0.3) is 5.91 Å². The zero-order valence-corrected chi connectivity index (χ0v) is 12.7. The lowest BCUT2D eigenvalue weighted by molar-refractivity contribution is -0.117. The van der Waals surface area contributed by atoms with Gasteiger partial charge in [-0.3, -0.25) is 9.59 Å². The summed E-state index contributed by atoms with van der Waals surface area (Å²) in [6.45, 7) is 1.60. The molecule has 2 N–H and O–H groups in total. The van der Waals surface area contributed by atoms with Gasteiger partial charge >= 0.3 is 0 Å². The summed E-state index contributed by atoms with van der Waals surface area (Å²) in [5, 5.41) is 16.2. The second-order valence-electron chi connectivity index (χ2n) is 5.00. The minimum absolute atomic E-state index is 0.331. The Kier molecular flexibility index (Phi) is 4.32. The van der Waals surface area contributed by atoms with Crippen LogP contribution in [0.15, 0.2) is 53.6 Å². The van der Waals surface area contributed by atoms with Crippen LogP contribution in [0.1, 0.15) is 17.3 Å². The Morgan fingerprint density at radius 1 is 1.21 bits per heavy atom. The highest BCUT2D eigenvalue weighted by Crippen LogP contribution is 2.12. The quantitative estimate of drug-likeness (QED) is 0.723. The van der Waals surface area contributed by atoms with E-state index in [1.54, 1.807) is 31.2 Å². The van der Waals surface area contributed by atoms with Gasteiger partial charge in [0.1, 0.15) is 18.6 Å². The van der Waals surface area contributed by atoms with E-state index in [9.17, 15) is 9.59 Å². The van der Waals surface area contributed by atoms with Crippen LogP contribution in [0.4, 0.5) is 5.69 Å². The average Bonchev–Trinajstić information content (AvgIpc) is 3.29. The molecule has 2 aromatic heterocycles. The van der Waals surface area contributed by atoms with Crippen LogP contribution in [0.3, 0.4) is 0 Å². The number of amides is 2. The van der Waals surface area contributed by atoms with E-state index in [1.807, 2.05) is 0 Å². The first-order valence-corrected chi connectivity index (χ1v) is 7.11. The lowest BCUT2D eigenvalue weighted by Crippen LogP contribution is -2.41. The van der Waals surface area contributed by atoms with Crippen molar-refractivity contribution in [2.75, 3.05) is 5.32 Å². The van der Waals surface area contributed by atoms with Gasteiger partial charge in [-0.25, -0.2) is 4.68 Å². The number of aromatic nitrogens is 4. The molecule has 24 heavy (non-hydrogen) atoms. The Balaban J connectivity index is 1.59. The number of nitrogens with zero attached hydrogens (tertiary/aromatic N) is 4. The van der Waals surface area contributed by atoms with Gasteiger partial charge in [-0.05, 0) is 47.7 Å². The molecule has 0 radical (unpaired) electrons. The Labute approximate surface area is 136 Å². The molecular formula is C15H14N6O3. The molecule has 9 nitrogen and oxygen atoms in total. The molecule has 0 saturated carbocycles. The number of hydrogen-bond acceptors (Lipinski definition) is 6. The molecule has 3 rings (SSSR count). The normalized spacial score (nSPS) is 11.7. The molecule has 1 atom stereocenters. The molecular weight excluding hydrogens is 312 g/mol. The van der Waals surface area contributed by atoms with Crippen molar-refractivity contribution in [2.24, 2.45) is 0 Å². The van der Waals surface area contributed by atoms with Crippen LogP contribution in [0, 0.1) is 0 Å². The number of carbonyl (C=O) groups is 2. The van der Waals surface area contributed by atoms with Gasteiger partial charge in [0.15, 0.2) is 0 Å². The van der Waals surface area contributed by atoms with E-state index in [2.05, 4.69) is 26.2 Å². The average molecular weight is 326 g/mol. The number of hydrogen-bond donors (Lipinski definition) is 2. The van der Waals surface area contributed by atoms with Crippen LogP contribution < -0.4 is 10.6 Å². The highest BCUT2D eigenvalue weighted by molar-refractivity contribution is 6.00. The summed E-state index contributed by atoms with van der Waals surface area (Å²) < 4.78 is 6.34.